The lowest BCUT2D eigenvalue weighted by atomic mass is 9.97. The number of likely N-dealkylation sites (tertiary alicyclic amines) is 1. The third-order valence-electron chi connectivity index (χ3n) is 5.03. The highest BCUT2D eigenvalue weighted by atomic mass is 35.5. The number of hydrogen-bond donors (Lipinski definition) is 1. The first-order chi connectivity index (χ1) is 12.9. The number of nitrogens with zero attached hydrogens (tertiary/aromatic N) is 1. The van der Waals surface area contributed by atoms with Gasteiger partial charge in [0.15, 0.2) is 0 Å². The number of sulfonamides is 1. The molecule has 0 aliphatic carbocycles. The molecule has 1 fully saturated rings. The molecule has 0 atom stereocenters. The third kappa shape index (κ3) is 5.75. The highest BCUT2D eigenvalue weighted by Gasteiger charge is 2.22. The second-order valence-corrected chi connectivity index (χ2v) is 9.12. The van der Waals surface area contributed by atoms with Gasteiger partial charge in [0.25, 0.3) is 0 Å². The summed E-state index contributed by atoms with van der Waals surface area (Å²) in [5.74, 6) is -0.317. The van der Waals surface area contributed by atoms with Gasteiger partial charge in [-0.25, -0.2) is 17.5 Å². The van der Waals surface area contributed by atoms with Crippen molar-refractivity contribution < 1.29 is 12.8 Å². The van der Waals surface area contributed by atoms with Crippen LogP contribution in [0.25, 0.3) is 0 Å². The zero-order valence-corrected chi connectivity index (χ0v) is 16.6. The molecular formula is C20H24ClFN2O2S. The Bertz CT molecular complexity index is 854. The van der Waals surface area contributed by atoms with Gasteiger partial charge >= 0.3 is 0 Å². The van der Waals surface area contributed by atoms with E-state index in [0.717, 1.165) is 51.0 Å². The second kappa shape index (κ2) is 9.15. The van der Waals surface area contributed by atoms with Crippen molar-refractivity contribution in [1.29, 1.82) is 0 Å². The van der Waals surface area contributed by atoms with Gasteiger partial charge in [0.1, 0.15) is 5.82 Å². The maximum atomic E-state index is 13.2. The molecule has 0 unspecified atom stereocenters. The van der Waals surface area contributed by atoms with Gasteiger partial charge in [-0.05, 0) is 62.0 Å². The molecule has 1 aliphatic heterocycles. The van der Waals surface area contributed by atoms with E-state index in [-0.39, 0.29) is 9.92 Å². The topological polar surface area (TPSA) is 49.4 Å². The minimum Gasteiger partial charge on any atom is -0.303 e. The molecule has 0 aromatic heterocycles. The van der Waals surface area contributed by atoms with E-state index in [1.165, 1.54) is 11.6 Å². The molecule has 146 valence electrons. The normalized spacial score (nSPS) is 16.5. The standard InChI is InChI=1S/C20H24ClFN2O2S/c21-19-14-18(6-7-20(19)22)27(25,26)23-15-17-9-12-24(13-10-17)11-8-16-4-2-1-3-5-16/h1-7,14,17,23H,8-13,15H2. The lowest BCUT2D eigenvalue weighted by Gasteiger charge is -2.32. The van der Waals surface area contributed by atoms with Crippen molar-refractivity contribution >= 4 is 21.6 Å². The smallest absolute Gasteiger partial charge is 0.240 e. The molecule has 0 amide bonds. The van der Waals surface area contributed by atoms with Crippen LogP contribution in [0.1, 0.15) is 18.4 Å². The Balaban J connectivity index is 1.44. The van der Waals surface area contributed by atoms with E-state index in [2.05, 4.69) is 33.9 Å². The molecule has 0 spiro atoms. The summed E-state index contributed by atoms with van der Waals surface area (Å²) in [6.45, 7) is 3.36. The van der Waals surface area contributed by atoms with Crippen LogP contribution in [0, 0.1) is 11.7 Å². The van der Waals surface area contributed by atoms with Gasteiger partial charge in [-0.15, -0.1) is 0 Å². The van der Waals surface area contributed by atoms with Crippen molar-refractivity contribution in [2.75, 3.05) is 26.2 Å². The summed E-state index contributed by atoms with van der Waals surface area (Å²) in [4.78, 5) is 2.42. The van der Waals surface area contributed by atoms with Gasteiger partial charge in [0.2, 0.25) is 10.0 Å². The Morgan fingerprint density at radius 1 is 1.11 bits per heavy atom. The van der Waals surface area contributed by atoms with Crippen molar-refractivity contribution in [2.45, 2.75) is 24.2 Å². The Kier molecular flexibility index (Phi) is 6.87. The lowest BCUT2D eigenvalue weighted by molar-refractivity contribution is 0.187. The molecule has 0 radical (unpaired) electrons. The Morgan fingerprint density at radius 3 is 2.48 bits per heavy atom. The predicted molar refractivity (Wildman–Crippen MR) is 106 cm³/mol. The molecule has 1 N–H and O–H groups in total. The minimum atomic E-state index is -3.67. The Labute approximate surface area is 165 Å². The highest BCUT2D eigenvalue weighted by molar-refractivity contribution is 7.89. The number of halogens is 2. The van der Waals surface area contributed by atoms with Crippen molar-refractivity contribution in [2.24, 2.45) is 5.92 Å². The number of nitrogens with one attached hydrogen (secondary N) is 1. The molecular weight excluding hydrogens is 387 g/mol. The van der Waals surface area contributed by atoms with E-state index in [4.69, 9.17) is 11.6 Å². The average Bonchev–Trinajstić information content (AvgIpc) is 2.68. The van der Waals surface area contributed by atoms with Crippen molar-refractivity contribution in [3.8, 4) is 0 Å². The monoisotopic (exact) mass is 410 g/mol. The van der Waals surface area contributed by atoms with Crippen LogP contribution in [0.15, 0.2) is 53.4 Å². The molecule has 0 bridgehead atoms. The molecule has 0 saturated carbocycles. The highest BCUT2D eigenvalue weighted by Crippen LogP contribution is 2.21. The Morgan fingerprint density at radius 2 is 1.81 bits per heavy atom. The summed E-state index contributed by atoms with van der Waals surface area (Å²) in [5, 5.41) is -0.190. The number of benzene rings is 2. The zero-order chi connectivity index (χ0) is 19.3. The van der Waals surface area contributed by atoms with Gasteiger partial charge in [0.05, 0.1) is 9.92 Å². The van der Waals surface area contributed by atoms with Crippen LogP contribution in [0.5, 0.6) is 0 Å². The van der Waals surface area contributed by atoms with Crippen LogP contribution in [0.2, 0.25) is 5.02 Å². The number of piperidine rings is 1. The maximum absolute atomic E-state index is 13.2. The maximum Gasteiger partial charge on any atom is 0.240 e. The molecule has 2 aromatic rings. The SMILES string of the molecule is O=S(=O)(NCC1CCN(CCc2ccccc2)CC1)c1ccc(F)c(Cl)c1. The average molecular weight is 411 g/mol. The van der Waals surface area contributed by atoms with Crippen LogP contribution < -0.4 is 4.72 Å². The molecule has 7 heteroatoms. The van der Waals surface area contributed by atoms with Crippen LogP contribution in [0.3, 0.4) is 0 Å². The van der Waals surface area contributed by atoms with E-state index in [9.17, 15) is 12.8 Å². The summed E-state index contributed by atoms with van der Waals surface area (Å²) in [7, 11) is -3.67. The molecule has 3 rings (SSSR count). The van der Waals surface area contributed by atoms with Crippen LogP contribution >= 0.6 is 11.6 Å². The fraction of sp³-hybridized carbons (Fsp3) is 0.400. The first kappa shape index (κ1) is 20.3. The summed E-state index contributed by atoms with van der Waals surface area (Å²) in [5.41, 5.74) is 1.34. The third-order valence-corrected chi connectivity index (χ3v) is 6.74. The summed E-state index contributed by atoms with van der Waals surface area (Å²) in [6.07, 6.45) is 2.95. The minimum absolute atomic E-state index is 0.00537. The first-order valence-corrected chi connectivity index (χ1v) is 11.0. The van der Waals surface area contributed by atoms with Gasteiger partial charge in [-0.2, -0.15) is 0 Å². The fourth-order valence-corrected chi connectivity index (χ4v) is 4.69. The van der Waals surface area contributed by atoms with Gasteiger partial charge < -0.3 is 4.90 Å². The fourth-order valence-electron chi connectivity index (χ4n) is 3.30. The summed E-state index contributed by atoms with van der Waals surface area (Å²) >= 11 is 5.69. The summed E-state index contributed by atoms with van der Waals surface area (Å²) in [6, 6.07) is 13.9. The number of hydrogen-bond acceptors (Lipinski definition) is 3. The summed E-state index contributed by atoms with van der Waals surface area (Å²) < 4.78 is 40.6. The zero-order valence-electron chi connectivity index (χ0n) is 15.1. The second-order valence-electron chi connectivity index (χ2n) is 6.95. The Hall–Kier alpha value is -1.47. The first-order valence-electron chi connectivity index (χ1n) is 9.15. The number of rotatable bonds is 7. The van der Waals surface area contributed by atoms with Gasteiger partial charge in [-0.1, -0.05) is 41.9 Å². The van der Waals surface area contributed by atoms with E-state index < -0.39 is 15.8 Å². The van der Waals surface area contributed by atoms with E-state index >= 15 is 0 Å². The van der Waals surface area contributed by atoms with Gasteiger partial charge in [-0.3, -0.25) is 0 Å². The van der Waals surface area contributed by atoms with Crippen molar-refractivity contribution in [3.05, 3.63) is 64.9 Å². The van der Waals surface area contributed by atoms with Crippen molar-refractivity contribution in [3.63, 3.8) is 0 Å². The van der Waals surface area contributed by atoms with Crippen LogP contribution in [-0.2, 0) is 16.4 Å². The predicted octanol–water partition coefficient (Wildman–Crippen LogP) is 3.71. The molecule has 27 heavy (non-hydrogen) atoms. The van der Waals surface area contributed by atoms with Gasteiger partial charge in [0, 0.05) is 13.1 Å². The molecule has 1 heterocycles. The van der Waals surface area contributed by atoms with E-state index in [1.807, 2.05) is 6.07 Å². The molecule has 2 aromatic carbocycles. The van der Waals surface area contributed by atoms with E-state index in [1.54, 1.807) is 0 Å². The quantitative estimate of drug-likeness (QED) is 0.756. The van der Waals surface area contributed by atoms with Crippen molar-refractivity contribution in [1.82, 2.24) is 9.62 Å². The lowest BCUT2D eigenvalue weighted by Crippen LogP contribution is -2.39. The largest absolute Gasteiger partial charge is 0.303 e. The molecule has 1 saturated heterocycles. The van der Waals surface area contributed by atoms with Crippen LogP contribution in [0.4, 0.5) is 4.39 Å². The van der Waals surface area contributed by atoms with E-state index in [0.29, 0.717) is 12.5 Å². The molecule has 1 aliphatic rings. The molecule has 4 nitrogen and oxygen atoms in total. The van der Waals surface area contributed by atoms with Crippen LogP contribution in [-0.4, -0.2) is 39.5 Å².